The Morgan fingerprint density at radius 3 is 2.15 bits per heavy atom. The average molecular weight is 670 g/mol. The number of phenolic OH excluding ortho intramolecular Hbond substituents is 2. The van der Waals surface area contributed by atoms with Crippen LogP contribution in [0.5, 0.6) is 17.2 Å². The number of aromatic hydroxyl groups is 2. The molecule has 5 N–H and O–H groups in total. The van der Waals surface area contributed by atoms with E-state index in [1.54, 1.807) is 12.1 Å². The van der Waals surface area contributed by atoms with Crippen LogP contribution in [0.2, 0.25) is 0 Å². The van der Waals surface area contributed by atoms with E-state index in [2.05, 4.69) is 66.9 Å². The summed E-state index contributed by atoms with van der Waals surface area (Å²) < 4.78 is 31.4. The zero-order valence-electron chi connectivity index (χ0n) is 28.7. The molecule has 0 aliphatic rings. The molecule has 0 aliphatic carbocycles. The van der Waals surface area contributed by atoms with Gasteiger partial charge in [-0.25, -0.2) is 8.42 Å². The summed E-state index contributed by atoms with van der Waals surface area (Å²) >= 11 is 0. The van der Waals surface area contributed by atoms with Crippen LogP contribution in [0.1, 0.15) is 94.9 Å². The molecule has 0 saturated carbocycles. The Labute approximate surface area is 282 Å². The second kappa shape index (κ2) is 18.9. The van der Waals surface area contributed by atoms with E-state index in [9.17, 15) is 23.7 Å². The number of benzene rings is 3. The molecule has 0 spiro atoms. The van der Waals surface area contributed by atoms with E-state index < -0.39 is 16.1 Å². The molecule has 0 saturated heterocycles. The molecule has 3 aromatic carbocycles. The third-order valence-electron chi connectivity index (χ3n) is 8.38. The number of aliphatic hydroxyl groups is 1. The fraction of sp³-hybridized carbons (Fsp3) is 0.514. The van der Waals surface area contributed by atoms with Crippen LogP contribution in [-0.2, 0) is 10.0 Å². The molecule has 0 aliphatic heterocycles. The van der Waals surface area contributed by atoms with Crippen LogP contribution in [0.4, 0.5) is 5.69 Å². The second-order valence-corrected chi connectivity index (χ2v) is 14.6. The Bertz CT molecular complexity index is 1460. The zero-order chi connectivity index (χ0) is 34.4. The average Bonchev–Trinajstić information content (AvgIpc) is 3.01. The van der Waals surface area contributed by atoms with Gasteiger partial charge in [0.2, 0.25) is 10.0 Å². The maximum Gasteiger partial charge on any atom is 0.229 e. The van der Waals surface area contributed by atoms with E-state index in [0.29, 0.717) is 36.5 Å². The highest BCUT2D eigenvalue weighted by molar-refractivity contribution is 7.92. The highest BCUT2D eigenvalue weighted by Gasteiger charge is 2.22. The lowest BCUT2D eigenvalue weighted by Gasteiger charge is -2.32. The maximum absolute atomic E-state index is 11.5. The second-order valence-electron chi connectivity index (χ2n) is 12.9. The Kier molecular flexibility index (Phi) is 15.3. The summed E-state index contributed by atoms with van der Waals surface area (Å²) in [6.07, 6.45) is 6.15. The summed E-state index contributed by atoms with van der Waals surface area (Å²) in [4.78, 5) is 2.49. The number of nitrogens with zero attached hydrogens (tertiary/aromatic N) is 1. The fourth-order valence-corrected chi connectivity index (χ4v) is 6.51. The smallest absolute Gasteiger partial charge is 0.229 e. The number of rotatable bonds is 21. The number of hydrogen-bond donors (Lipinski definition) is 5. The van der Waals surface area contributed by atoms with E-state index in [4.69, 9.17) is 4.74 Å². The minimum absolute atomic E-state index is 0.0468. The molecule has 0 heterocycles. The maximum atomic E-state index is 11.5. The van der Waals surface area contributed by atoms with Crippen molar-refractivity contribution >= 4 is 15.7 Å². The van der Waals surface area contributed by atoms with Gasteiger partial charge >= 0.3 is 0 Å². The van der Waals surface area contributed by atoms with Gasteiger partial charge in [0, 0.05) is 30.1 Å². The van der Waals surface area contributed by atoms with E-state index in [-0.39, 0.29) is 17.4 Å². The summed E-state index contributed by atoms with van der Waals surface area (Å²) in [7, 11) is -3.54. The minimum Gasteiger partial charge on any atom is -0.508 e. The van der Waals surface area contributed by atoms with Crippen molar-refractivity contribution in [1.82, 2.24) is 10.2 Å². The lowest BCUT2D eigenvalue weighted by molar-refractivity contribution is 0.170. The standard InChI is InChI=1S/C37H55N3O6S/c1-27(2)40(28(3)4)22-20-32(29-14-10-9-11-15-29)33-25-31(17-19-35(33)41)46-23-13-8-6-7-12-21-38-26-37(43)30-16-18-36(42)34(24-30)39-47(5,44)45/h9-11,14-19,24-25,27-28,32,37-39,41-43H,6-8,12-13,20-23,26H2,1-5H3/t32-,37?/m1/s1. The quantitative estimate of drug-likeness (QED) is 0.0621. The van der Waals surface area contributed by atoms with Crippen LogP contribution in [0.3, 0.4) is 0 Å². The molecule has 9 nitrogen and oxygen atoms in total. The number of unbranched alkanes of at least 4 members (excludes halogenated alkanes) is 4. The Morgan fingerprint density at radius 1 is 0.809 bits per heavy atom. The van der Waals surface area contributed by atoms with E-state index in [1.165, 1.54) is 17.7 Å². The van der Waals surface area contributed by atoms with Gasteiger partial charge in [0.05, 0.1) is 24.7 Å². The molecule has 0 fully saturated rings. The summed E-state index contributed by atoms with van der Waals surface area (Å²) in [6, 6.07) is 21.3. The summed E-state index contributed by atoms with van der Waals surface area (Å²) in [5.41, 5.74) is 2.65. The van der Waals surface area contributed by atoms with E-state index in [0.717, 1.165) is 69.2 Å². The van der Waals surface area contributed by atoms with Gasteiger partial charge in [-0.15, -0.1) is 0 Å². The van der Waals surface area contributed by atoms with Gasteiger partial charge in [-0.2, -0.15) is 0 Å². The molecule has 3 rings (SSSR count). The highest BCUT2D eigenvalue weighted by atomic mass is 32.2. The molecular weight excluding hydrogens is 614 g/mol. The molecule has 2 atom stereocenters. The number of hydrogen-bond acceptors (Lipinski definition) is 8. The first-order valence-electron chi connectivity index (χ1n) is 16.8. The third-order valence-corrected chi connectivity index (χ3v) is 8.97. The van der Waals surface area contributed by atoms with Crippen LogP contribution in [0, 0.1) is 0 Å². The zero-order valence-corrected chi connectivity index (χ0v) is 29.5. The van der Waals surface area contributed by atoms with Crippen LogP contribution < -0.4 is 14.8 Å². The van der Waals surface area contributed by atoms with Gasteiger partial charge in [-0.05, 0) is 102 Å². The van der Waals surface area contributed by atoms with Gasteiger partial charge in [-0.1, -0.05) is 55.7 Å². The van der Waals surface area contributed by atoms with Crippen molar-refractivity contribution in [3.05, 3.63) is 83.4 Å². The first-order chi connectivity index (χ1) is 22.4. The molecule has 0 aromatic heterocycles. The lowest BCUT2D eigenvalue weighted by Crippen LogP contribution is -2.38. The van der Waals surface area contributed by atoms with E-state index in [1.807, 2.05) is 18.2 Å². The monoisotopic (exact) mass is 669 g/mol. The van der Waals surface area contributed by atoms with Gasteiger partial charge in [0.25, 0.3) is 0 Å². The van der Waals surface area contributed by atoms with Crippen molar-refractivity contribution in [3.8, 4) is 17.2 Å². The summed E-state index contributed by atoms with van der Waals surface area (Å²) in [5.74, 6) is 0.939. The van der Waals surface area contributed by atoms with Gasteiger partial charge in [0.1, 0.15) is 17.2 Å². The third kappa shape index (κ3) is 13.0. The molecular formula is C37H55N3O6S. The lowest BCUT2D eigenvalue weighted by atomic mass is 9.87. The molecule has 3 aromatic rings. The predicted octanol–water partition coefficient (Wildman–Crippen LogP) is 6.76. The predicted molar refractivity (Wildman–Crippen MR) is 191 cm³/mol. The van der Waals surface area contributed by atoms with Crippen LogP contribution in [-0.4, -0.2) is 73.2 Å². The number of aliphatic hydroxyl groups excluding tert-OH is 1. The van der Waals surface area contributed by atoms with Gasteiger partial charge in [-0.3, -0.25) is 9.62 Å². The molecule has 1 unspecified atom stereocenters. The largest absolute Gasteiger partial charge is 0.508 e. The Balaban J connectivity index is 1.40. The highest BCUT2D eigenvalue weighted by Crippen LogP contribution is 2.37. The first-order valence-corrected chi connectivity index (χ1v) is 18.7. The molecule has 47 heavy (non-hydrogen) atoms. The van der Waals surface area contributed by atoms with Crippen LogP contribution in [0.25, 0.3) is 0 Å². The number of anilines is 1. The molecule has 0 radical (unpaired) electrons. The van der Waals surface area contributed by atoms with Crippen molar-refractivity contribution in [2.45, 2.75) is 90.3 Å². The van der Waals surface area contributed by atoms with Gasteiger partial charge < -0.3 is 25.4 Å². The van der Waals surface area contributed by atoms with Crippen molar-refractivity contribution in [3.63, 3.8) is 0 Å². The van der Waals surface area contributed by atoms with Crippen molar-refractivity contribution in [2.24, 2.45) is 0 Å². The molecule has 0 amide bonds. The topological polar surface area (TPSA) is 131 Å². The first kappa shape index (κ1) is 38.1. The number of phenols is 2. The van der Waals surface area contributed by atoms with Gasteiger partial charge in [0.15, 0.2) is 0 Å². The summed E-state index contributed by atoms with van der Waals surface area (Å²) in [5, 5.41) is 34.5. The molecule has 260 valence electrons. The van der Waals surface area contributed by atoms with Crippen molar-refractivity contribution in [1.29, 1.82) is 0 Å². The number of sulfonamides is 1. The number of ether oxygens (including phenoxy) is 1. The number of nitrogens with one attached hydrogen (secondary N) is 2. The normalized spacial score (nSPS) is 13.3. The van der Waals surface area contributed by atoms with Crippen molar-refractivity contribution in [2.75, 3.05) is 37.2 Å². The van der Waals surface area contributed by atoms with Crippen LogP contribution >= 0.6 is 0 Å². The Morgan fingerprint density at radius 2 is 1.47 bits per heavy atom. The van der Waals surface area contributed by atoms with Crippen LogP contribution in [0.15, 0.2) is 66.7 Å². The SMILES string of the molecule is CC(C)N(CC[C@H](c1ccccc1)c1cc(OCCCCCCCNCC(O)c2ccc(O)c(NS(C)(=O)=O)c2)ccc1O)C(C)C. The Hall–Kier alpha value is -3.31. The molecule has 0 bridgehead atoms. The summed E-state index contributed by atoms with van der Waals surface area (Å²) in [6.45, 7) is 11.5. The minimum atomic E-state index is -3.54. The molecule has 10 heteroatoms. The van der Waals surface area contributed by atoms with Crippen molar-refractivity contribution < 1.29 is 28.5 Å². The fourth-order valence-electron chi connectivity index (χ4n) is 5.95. The van der Waals surface area contributed by atoms with E-state index >= 15 is 0 Å².